The van der Waals surface area contributed by atoms with Gasteiger partial charge in [0.15, 0.2) is 5.03 Å². The molecule has 1 amide bonds. The first kappa shape index (κ1) is 25.6. The van der Waals surface area contributed by atoms with E-state index < -0.39 is 21.7 Å². The molecule has 0 atom stereocenters. The average Bonchev–Trinajstić information content (AvgIpc) is 2.79. The Balaban J connectivity index is 1.65. The summed E-state index contributed by atoms with van der Waals surface area (Å²) in [6.45, 7) is 6.06. The molecule has 1 saturated carbocycles. The fraction of sp³-hybridized carbons (Fsp3) is 0.346. The van der Waals surface area contributed by atoms with E-state index in [2.05, 4.69) is 9.97 Å². The van der Waals surface area contributed by atoms with Crippen molar-refractivity contribution in [3.63, 3.8) is 0 Å². The average molecular weight is 514 g/mol. The van der Waals surface area contributed by atoms with Crippen LogP contribution >= 0.6 is 0 Å². The lowest BCUT2D eigenvalue weighted by Crippen LogP contribution is -2.33. The third kappa shape index (κ3) is 6.17. The number of amides is 1. The minimum absolute atomic E-state index is 0.0176. The van der Waals surface area contributed by atoms with Crippen LogP contribution in [0, 0.1) is 18.7 Å². The van der Waals surface area contributed by atoms with Crippen LogP contribution in [-0.2, 0) is 10.0 Å². The predicted molar refractivity (Wildman–Crippen MR) is 132 cm³/mol. The molecule has 36 heavy (non-hydrogen) atoms. The number of halogens is 1. The summed E-state index contributed by atoms with van der Waals surface area (Å²) in [7, 11) is -4.21. The van der Waals surface area contributed by atoms with Gasteiger partial charge in [-0.25, -0.2) is 19.1 Å². The summed E-state index contributed by atoms with van der Waals surface area (Å²) >= 11 is 0. The van der Waals surface area contributed by atoms with Gasteiger partial charge in [-0.05, 0) is 68.5 Å². The van der Waals surface area contributed by atoms with E-state index in [0.717, 1.165) is 19.3 Å². The number of ether oxygens (including phenoxy) is 2. The van der Waals surface area contributed by atoms with Gasteiger partial charge in [0, 0.05) is 17.3 Å². The van der Waals surface area contributed by atoms with E-state index in [1.54, 1.807) is 25.1 Å². The number of nitrogens with zero attached hydrogens (tertiary/aromatic N) is 2. The number of carbonyl (C=O) groups is 1. The maximum absolute atomic E-state index is 14.3. The van der Waals surface area contributed by atoms with Gasteiger partial charge in [-0.1, -0.05) is 19.9 Å². The minimum atomic E-state index is -4.21. The summed E-state index contributed by atoms with van der Waals surface area (Å²) in [4.78, 5) is 21.5. The fourth-order valence-electron chi connectivity index (χ4n) is 3.46. The van der Waals surface area contributed by atoms with Gasteiger partial charge >= 0.3 is 0 Å². The van der Waals surface area contributed by atoms with E-state index in [0.29, 0.717) is 29.3 Å². The molecule has 1 fully saturated rings. The summed E-state index contributed by atoms with van der Waals surface area (Å²) in [6, 6.07) is 11.7. The molecule has 3 aromatic rings. The molecule has 2 heterocycles. The maximum atomic E-state index is 14.3. The quantitative estimate of drug-likeness (QED) is 0.443. The molecule has 0 radical (unpaired) electrons. The van der Waals surface area contributed by atoms with Crippen LogP contribution in [0.25, 0.3) is 11.3 Å². The molecule has 1 aromatic carbocycles. The molecular weight excluding hydrogens is 485 g/mol. The molecule has 10 heteroatoms. The van der Waals surface area contributed by atoms with Crippen molar-refractivity contribution in [1.82, 2.24) is 14.7 Å². The molecule has 190 valence electrons. The Bertz CT molecular complexity index is 1370. The Morgan fingerprint density at radius 3 is 2.58 bits per heavy atom. The van der Waals surface area contributed by atoms with E-state index in [1.165, 1.54) is 30.3 Å². The zero-order valence-corrected chi connectivity index (χ0v) is 21.1. The van der Waals surface area contributed by atoms with Crippen molar-refractivity contribution in [2.24, 2.45) is 5.92 Å². The van der Waals surface area contributed by atoms with Crippen LogP contribution in [0.3, 0.4) is 0 Å². The highest BCUT2D eigenvalue weighted by molar-refractivity contribution is 7.90. The van der Waals surface area contributed by atoms with Gasteiger partial charge in [0.25, 0.3) is 15.9 Å². The molecule has 0 saturated heterocycles. The zero-order chi connectivity index (χ0) is 25.9. The summed E-state index contributed by atoms with van der Waals surface area (Å²) < 4.78 is 53.4. The number of hydrogen-bond acceptors (Lipinski definition) is 7. The number of sulfonamides is 1. The first-order valence-electron chi connectivity index (χ1n) is 11.7. The third-order valence-corrected chi connectivity index (χ3v) is 6.78. The van der Waals surface area contributed by atoms with Crippen LogP contribution in [0.5, 0.6) is 11.6 Å². The monoisotopic (exact) mass is 513 g/mol. The summed E-state index contributed by atoms with van der Waals surface area (Å²) in [5.41, 5.74) is 1.25. The van der Waals surface area contributed by atoms with Crippen LogP contribution in [0.4, 0.5) is 4.39 Å². The molecule has 0 aliphatic heterocycles. The van der Waals surface area contributed by atoms with E-state index >= 15 is 0 Å². The zero-order valence-electron chi connectivity index (χ0n) is 20.3. The van der Waals surface area contributed by atoms with Crippen molar-refractivity contribution in [3.8, 4) is 22.9 Å². The van der Waals surface area contributed by atoms with Gasteiger partial charge in [0.05, 0.1) is 12.3 Å². The number of aromatic nitrogens is 2. The van der Waals surface area contributed by atoms with Gasteiger partial charge in [0.1, 0.15) is 23.2 Å². The second kappa shape index (κ2) is 10.6. The van der Waals surface area contributed by atoms with Crippen LogP contribution in [0.1, 0.15) is 49.2 Å². The second-order valence-corrected chi connectivity index (χ2v) is 10.8. The number of rotatable bonds is 9. The van der Waals surface area contributed by atoms with E-state index in [1.807, 2.05) is 18.6 Å². The highest BCUT2D eigenvalue weighted by Crippen LogP contribution is 2.31. The van der Waals surface area contributed by atoms with Gasteiger partial charge in [-0.3, -0.25) is 4.79 Å². The lowest BCUT2D eigenvalue weighted by atomic mass is 9.96. The molecule has 0 unspecified atom stereocenters. The van der Waals surface area contributed by atoms with Crippen molar-refractivity contribution in [2.45, 2.75) is 51.2 Å². The number of hydrogen-bond donors (Lipinski definition) is 1. The van der Waals surface area contributed by atoms with Crippen molar-refractivity contribution >= 4 is 15.9 Å². The summed E-state index contributed by atoms with van der Waals surface area (Å²) in [5, 5.41) is -0.268. The largest absolute Gasteiger partial charge is 0.493 e. The van der Waals surface area contributed by atoms with Crippen molar-refractivity contribution < 1.29 is 27.1 Å². The van der Waals surface area contributed by atoms with E-state index in [4.69, 9.17) is 9.47 Å². The Kier molecular flexibility index (Phi) is 7.53. The molecule has 1 N–H and O–H groups in total. The topological polar surface area (TPSA) is 107 Å². The van der Waals surface area contributed by atoms with Gasteiger partial charge < -0.3 is 9.47 Å². The van der Waals surface area contributed by atoms with Crippen LogP contribution in [0.15, 0.2) is 53.6 Å². The predicted octanol–water partition coefficient (Wildman–Crippen LogP) is 4.68. The molecule has 1 aliphatic carbocycles. The smallest absolute Gasteiger partial charge is 0.281 e. The third-order valence-electron chi connectivity index (χ3n) is 5.55. The van der Waals surface area contributed by atoms with Crippen molar-refractivity contribution in [3.05, 3.63) is 65.6 Å². The first-order chi connectivity index (χ1) is 17.1. The van der Waals surface area contributed by atoms with Crippen LogP contribution < -0.4 is 14.2 Å². The second-order valence-electron chi connectivity index (χ2n) is 9.15. The Labute approximate surface area is 209 Å². The highest BCUT2D eigenvalue weighted by Gasteiger charge is 2.27. The molecule has 8 nitrogen and oxygen atoms in total. The van der Waals surface area contributed by atoms with Gasteiger partial charge in [-0.2, -0.15) is 8.42 Å². The molecule has 4 rings (SSSR count). The first-order valence-corrected chi connectivity index (χ1v) is 13.2. The van der Waals surface area contributed by atoms with Crippen LogP contribution in [0.2, 0.25) is 0 Å². The summed E-state index contributed by atoms with van der Waals surface area (Å²) in [5.74, 6) is -0.780. The van der Waals surface area contributed by atoms with E-state index in [9.17, 15) is 17.6 Å². The Morgan fingerprint density at radius 1 is 1.14 bits per heavy atom. The number of pyridine rings is 2. The number of benzene rings is 1. The highest BCUT2D eigenvalue weighted by atomic mass is 32.2. The lowest BCUT2D eigenvalue weighted by molar-refractivity contribution is 0.0944. The lowest BCUT2D eigenvalue weighted by Gasteiger charge is -2.26. The van der Waals surface area contributed by atoms with Crippen molar-refractivity contribution in [1.29, 1.82) is 0 Å². The normalized spacial score (nSPS) is 13.8. The van der Waals surface area contributed by atoms with Gasteiger partial charge in [-0.15, -0.1) is 0 Å². The summed E-state index contributed by atoms with van der Waals surface area (Å²) in [6.07, 6.45) is 2.45. The molecule has 1 aliphatic rings. The molecule has 0 spiro atoms. The fourth-order valence-corrected chi connectivity index (χ4v) is 4.44. The number of aryl methyl sites for hydroxylation is 1. The Hall–Kier alpha value is -3.53. The number of carbonyl (C=O) groups excluding carboxylic acids is 1. The SMILES string of the molecule is Cc1cccc(S(=O)(=O)NC(=O)c2ccc(-c3cc(F)cc(OCC(C)C)c3)nc2OC2CCC2)n1. The number of nitrogens with one attached hydrogen (secondary N) is 1. The molecule has 2 aromatic heterocycles. The molecule has 0 bridgehead atoms. The minimum Gasteiger partial charge on any atom is -0.493 e. The molecular formula is C26H28FN3O5S. The van der Waals surface area contributed by atoms with Crippen molar-refractivity contribution in [2.75, 3.05) is 6.61 Å². The standard InChI is InChI=1S/C26H28FN3O5S/c1-16(2)15-34-21-13-18(12-19(27)14-21)23-11-10-22(26(29-23)35-20-7-5-8-20)25(31)30-36(32,33)24-9-4-6-17(3)28-24/h4,6,9-14,16,20H,5,7-8,15H2,1-3H3,(H,30,31). The van der Waals surface area contributed by atoms with Gasteiger partial charge in [0.2, 0.25) is 5.88 Å². The van der Waals surface area contributed by atoms with E-state index in [-0.39, 0.29) is 28.5 Å². The van der Waals surface area contributed by atoms with Crippen LogP contribution in [-0.4, -0.2) is 37.0 Å². The Morgan fingerprint density at radius 2 is 1.92 bits per heavy atom. The maximum Gasteiger partial charge on any atom is 0.281 e.